The molecular formula is C31H36ClNO5. The third kappa shape index (κ3) is 5.80. The number of hydrogen-bond acceptors (Lipinski definition) is 6. The summed E-state index contributed by atoms with van der Waals surface area (Å²) in [5.41, 5.74) is 3.68. The second-order valence-corrected chi connectivity index (χ2v) is 10.5. The molecule has 38 heavy (non-hydrogen) atoms. The number of fused-ring (bicyclic) bond motifs is 1. The average molecular weight is 538 g/mol. The number of aliphatic imine (C=N–C) groups is 1. The van der Waals surface area contributed by atoms with E-state index in [-0.39, 0.29) is 17.8 Å². The van der Waals surface area contributed by atoms with Crippen LogP contribution in [-0.2, 0) is 14.3 Å². The molecule has 0 amide bonds. The average Bonchev–Trinajstić information content (AvgIpc) is 2.91. The number of hydrogen-bond donors (Lipinski definition) is 0. The number of ether oxygens (including phenoxy) is 3. The minimum absolute atomic E-state index is 0.0104. The second kappa shape index (κ2) is 12.2. The Morgan fingerprint density at radius 1 is 1.05 bits per heavy atom. The van der Waals surface area contributed by atoms with Crippen LogP contribution in [0.1, 0.15) is 76.3 Å². The Labute approximate surface area is 230 Å². The van der Waals surface area contributed by atoms with Gasteiger partial charge in [-0.2, -0.15) is 0 Å². The first kappa shape index (κ1) is 27.9. The van der Waals surface area contributed by atoms with Crippen molar-refractivity contribution in [3.05, 3.63) is 69.9 Å². The molecule has 0 spiro atoms. The van der Waals surface area contributed by atoms with E-state index in [4.69, 9.17) is 30.8 Å². The molecule has 0 N–H and O–H groups in total. The number of halogens is 1. The molecule has 4 rings (SSSR count). The van der Waals surface area contributed by atoms with Crippen LogP contribution in [-0.4, -0.2) is 37.3 Å². The smallest absolute Gasteiger partial charge is 0.336 e. The maximum absolute atomic E-state index is 13.8. The zero-order valence-corrected chi connectivity index (χ0v) is 23.5. The molecule has 1 saturated carbocycles. The lowest BCUT2D eigenvalue weighted by Gasteiger charge is -2.38. The van der Waals surface area contributed by atoms with Gasteiger partial charge in [-0.1, -0.05) is 43.6 Å². The van der Waals surface area contributed by atoms with Crippen LogP contribution in [0.15, 0.2) is 58.7 Å². The zero-order chi connectivity index (χ0) is 27.4. The molecule has 0 aromatic heterocycles. The van der Waals surface area contributed by atoms with Crippen LogP contribution in [0.25, 0.3) is 0 Å². The van der Waals surface area contributed by atoms with Gasteiger partial charge in [0, 0.05) is 28.8 Å². The number of Topliss-reactive ketones (excluding diaryl/α,β-unsaturated/α-hetero) is 1. The number of methoxy groups -OCH3 is 1. The fraction of sp³-hybridized carbons (Fsp3) is 0.452. The topological polar surface area (TPSA) is 74.2 Å². The van der Waals surface area contributed by atoms with E-state index in [0.29, 0.717) is 53.7 Å². The van der Waals surface area contributed by atoms with Gasteiger partial charge in [-0.3, -0.25) is 9.79 Å². The van der Waals surface area contributed by atoms with Crippen LogP contribution in [0.4, 0.5) is 0 Å². The fourth-order valence-corrected chi connectivity index (χ4v) is 5.44. The maximum atomic E-state index is 13.8. The molecule has 1 fully saturated rings. The number of carbonyl (C=O) groups is 2. The molecule has 2 aliphatic rings. The van der Waals surface area contributed by atoms with Crippen LogP contribution in [0.5, 0.6) is 11.5 Å². The molecule has 1 heterocycles. The van der Waals surface area contributed by atoms with Crippen LogP contribution >= 0.6 is 11.6 Å². The number of benzene rings is 2. The SMILES string of the molecule is CCCOc1ccc([C@H]2C(C(=O)O[C@@H](C)CC)=C(C)N=C3C[C@H](c4ccc(Cl)cc4)CC(=O)C32)cc1OC. The molecule has 1 aliphatic carbocycles. The van der Waals surface area contributed by atoms with E-state index in [9.17, 15) is 9.59 Å². The molecule has 202 valence electrons. The molecule has 1 unspecified atom stereocenters. The van der Waals surface area contributed by atoms with Crippen LogP contribution in [0.3, 0.4) is 0 Å². The summed E-state index contributed by atoms with van der Waals surface area (Å²) in [7, 11) is 1.59. The van der Waals surface area contributed by atoms with E-state index in [1.807, 2.05) is 70.2 Å². The highest BCUT2D eigenvalue weighted by molar-refractivity contribution is 6.30. The highest BCUT2D eigenvalue weighted by atomic mass is 35.5. The Hall–Kier alpha value is -3.12. The number of allylic oxidation sites excluding steroid dienone is 1. The molecule has 0 radical (unpaired) electrons. The quantitative estimate of drug-likeness (QED) is 0.320. The van der Waals surface area contributed by atoms with Crippen molar-refractivity contribution in [2.45, 2.75) is 71.3 Å². The van der Waals surface area contributed by atoms with Crippen molar-refractivity contribution in [2.75, 3.05) is 13.7 Å². The molecule has 2 aromatic rings. The molecule has 6 nitrogen and oxygen atoms in total. The maximum Gasteiger partial charge on any atom is 0.336 e. The zero-order valence-electron chi connectivity index (χ0n) is 22.8. The van der Waals surface area contributed by atoms with Crippen molar-refractivity contribution in [2.24, 2.45) is 10.9 Å². The van der Waals surface area contributed by atoms with Crippen molar-refractivity contribution in [1.82, 2.24) is 0 Å². The standard InChI is InChI=1S/C31H36ClNO5/c1-6-14-37-26-13-10-21(17-27(26)36-5)29-28(31(35)38-18(3)7-2)19(4)33-24-15-22(16-25(34)30(24)29)20-8-11-23(32)12-9-20/h8-13,17-18,22,29-30H,6-7,14-16H2,1-5H3/t18-,22-,29-,30?/m0/s1. The van der Waals surface area contributed by atoms with E-state index >= 15 is 0 Å². The van der Waals surface area contributed by atoms with Crippen molar-refractivity contribution < 1.29 is 23.8 Å². The molecular weight excluding hydrogens is 502 g/mol. The highest BCUT2D eigenvalue weighted by Crippen LogP contribution is 2.47. The summed E-state index contributed by atoms with van der Waals surface area (Å²) < 4.78 is 17.3. The molecule has 1 aliphatic heterocycles. The number of rotatable bonds is 9. The Bertz CT molecular complexity index is 1250. The number of nitrogens with zero attached hydrogens (tertiary/aromatic N) is 1. The van der Waals surface area contributed by atoms with E-state index in [0.717, 1.165) is 23.3 Å². The van der Waals surface area contributed by atoms with E-state index in [2.05, 4.69) is 0 Å². The Morgan fingerprint density at radius 3 is 2.42 bits per heavy atom. The predicted molar refractivity (Wildman–Crippen MR) is 149 cm³/mol. The fourth-order valence-electron chi connectivity index (χ4n) is 5.31. The van der Waals surface area contributed by atoms with Crippen LogP contribution in [0.2, 0.25) is 5.02 Å². The largest absolute Gasteiger partial charge is 0.493 e. The lowest BCUT2D eigenvalue weighted by molar-refractivity contribution is -0.144. The minimum atomic E-state index is -0.547. The summed E-state index contributed by atoms with van der Waals surface area (Å²) in [6.45, 7) is 8.27. The Kier molecular flexibility index (Phi) is 8.93. The van der Waals surface area contributed by atoms with Crippen molar-refractivity contribution in [3.8, 4) is 11.5 Å². The van der Waals surface area contributed by atoms with Gasteiger partial charge in [0.25, 0.3) is 0 Å². The van der Waals surface area contributed by atoms with Gasteiger partial charge >= 0.3 is 5.97 Å². The number of ketones is 1. The van der Waals surface area contributed by atoms with Gasteiger partial charge in [0.2, 0.25) is 0 Å². The number of esters is 1. The van der Waals surface area contributed by atoms with Gasteiger partial charge in [0.15, 0.2) is 11.5 Å². The monoisotopic (exact) mass is 537 g/mol. The molecule has 2 aromatic carbocycles. The summed E-state index contributed by atoms with van der Waals surface area (Å²) in [5, 5.41) is 0.660. The first-order valence-corrected chi connectivity index (χ1v) is 13.7. The van der Waals surface area contributed by atoms with E-state index in [1.165, 1.54) is 0 Å². The summed E-state index contributed by atoms with van der Waals surface area (Å²) in [6, 6.07) is 13.3. The van der Waals surface area contributed by atoms with Crippen molar-refractivity contribution in [1.29, 1.82) is 0 Å². The molecule has 0 bridgehead atoms. The summed E-state index contributed by atoms with van der Waals surface area (Å²) in [5.74, 6) is -0.231. The molecule has 4 atom stereocenters. The van der Waals surface area contributed by atoms with Crippen molar-refractivity contribution in [3.63, 3.8) is 0 Å². The highest BCUT2D eigenvalue weighted by Gasteiger charge is 2.46. The van der Waals surface area contributed by atoms with Gasteiger partial charge in [0.05, 0.1) is 31.3 Å². The summed E-state index contributed by atoms with van der Waals surface area (Å²) in [6.07, 6.45) is 2.31. The first-order valence-electron chi connectivity index (χ1n) is 13.3. The van der Waals surface area contributed by atoms with Gasteiger partial charge in [-0.25, -0.2) is 4.79 Å². The van der Waals surface area contributed by atoms with E-state index < -0.39 is 17.8 Å². The predicted octanol–water partition coefficient (Wildman–Crippen LogP) is 7.05. The third-order valence-electron chi connectivity index (χ3n) is 7.41. The summed E-state index contributed by atoms with van der Waals surface area (Å²) in [4.78, 5) is 32.2. The van der Waals surface area contributed by atoms with Gasteiger partial charge in [-0.15, -0.1) is 0 Å². The Morgan fingerprint density at radius 2 is 1.76 bits per heavy atom. The Balaban J connectivity index is 1.78. The molecule has 0 saturated heterocycles. The first-order chi connectivity index (χ1) is 18.3. The second-order valence-electron chi connectivity index (χ2n) is 10.1. The molecule has 7 heteroatoms. The van der Waals surface area contributed by atoms with Crippen LogP contribution in [0, 0.1) is 5.92 Å². The normalized spacial score (nSPS) is 21.9. The lowest BCUT2D eigenvalue weighted by atomic mass is 9.66. The lowest BCUT2D eigenvalue weighted by Crippen LogP contribution is -2.41. The summed E-state index contributed by atoms with van der Waals surface area (Å²) >= 11 is 6.09. The van der Waals surface area contributed by atoms with Crippen LogP contribution < -0.4 is 9.47 Å². The van der Waals surface area contributed by atoms with Gasteiger partial charge < -0.3 is 14.2 Å². The van der Waals surface area contributed by atoms with Gasteiger partial charge in [-0.05, 0) is 74.4 Å². The minimum Gasteiger partial charge on any atom is -0.493 e. The number of carbonyl (C=O) groups excluding carboxylic acids is 2. The van der Waals surface area contributed by atoms with E-state index in [1.54, 1.807) is 7.11 Å². The third-order valence-corrected chi connectivity index (χ3v) is 7.66. The van der Waals surface area contributed by atoms with Crippen molar-refractivity contribution >= 4 is 29.1 Å². The van der Waals surface area contributed by atoms with Gasteiger partial charge in [0.1, 0.15) is 5.78 Å².